The summed E-state index contributed by atoms with van der Waals surface area (Å²) in [5.74, 6) is -2.20. The highest BCUT2D eigenvalue weighted by atomic mass is 19.4. The second kappa shape index (κ2) is 2.96. The van der Waals surface area contributed by atoms with Gasteiger partial charge in [0.15, 0.2) is 11.6 Å². The zero-order chi connectivity index (χ0) is 9.19. The molecule has 1 heterocycles. The van der Waals surface area contributed by atoms with Gasteiger partial charge in [-0.25, -0.2) is 4.39 Å². The summed E-state index contributed by atoms with van der Waals surface area (Å²) in [7, 11) is 0. The minimum absolute atomic E-state index is 0.763. The van der Waals surface area contributed by atoms with Gasteiger partial charge in [-0.05, 0) is 0 Å². The Morgan fingerprint density at radius 2 is 2.08 bits per heavy atom. The van der Waals surface area contributed by atoms with Crippen molar-refractivity contribution >= 4 is 0 Å². The van der Waals surface area contributed by atoms with E-state index in [1.165, 1.54) is 0 Å². The molecule has 6 heteroatoms. The lowest BCUT2D eigenvalue weighted by molar-refractivity contribution is -0.275. The summed E-state index contributed by atoms with van der Waals surface area (Å²) in [6.45, 7) is 0. The summed E-state index contributed by atoms with van der Waals surface area (Å²) in [5.41, 5.74) is 0. The van der Waals surface area contributed by atoms with E-state index < -0.39 is 17.9 Å². The molecule has 0 aromatic carbocycles. The second-order valence-electron chi connectivity index (χ2n) is 1.78. The van der Waals surface area contributed by atoms with Crippen LogP contribution in [0.1, 0.15) is 0 Å². The molecular formula is C6H2F4NO. The molecule has 0 aliphatic carbocycles. The van der Waals surface area contributed by atoms with Crippen LogP contribution >= 0.6 is 0 Å². The molecule has 0 saturated carbocycles. The number of ether oxygens (including phenoxy) is 1. The first kappa shape index (κ1) is 8.76. The van der Waals surface area contributed by atoms with Crippen molar-refractivity contribution in [2.75, 3.05) is 0 Å². The van der Waals surface area contributed by atoms with Crippen molar-refractivity contribution in [3.8, 4) is 5.75 Å². The molecule has 1 rings (SSSR count). The summed E-state index contributed by atoms with van der Waals surface area (Å²) in [4.78, 5) is 3.13. The van der Waals surface area contributed by atoms with Crippen LogP contribution in [0, 0.1) is 12.0 Å². The van der Waals surface area contributed by atoms with Gasteiger partial charge in [0.05, 0.1) is 0 Å². The maximum absolute atomic E-state index is 12.4. The van der Waals surface area contributed by atoms with Gasteiger partial charge in [-0.1, -0.05) is 0 Å². The van der Waals surface area contributed by atoms with Crippen molar-refractivity contribution < 1.29 is 22.3 Å². The van der Waals surface area contributed by atoms with Crippen LogP contribution < -0.4 is 4.74 Å². The Morgan fingerprint density at radius 3 is 2.58 bits per heavy atom. The Hall–Kier alpha value is -1.33. The van der Waals surface area contributed by atoms with E-state index in [0.29, 0.717) is 0 Å². The molecule has 65 valence electrons. The quantitative estimate of drug-likeness (QED) is 0.616. The minimum atomic E-state index is -4.89. The molecule has 1 radical (unpaired) electrons. The first-order valence-corrected chi connectivity index (χ1v) is 2.77. The molecule has 0 saturated heterocycles. The first-order chi connectivity index (χ1) is 5.49. The lowest BCUT2D eigenvalue weighted by atomic mass is 10.4. The van der Waals surface area contributed by atoms with Gasteiger partial charge in [-0.15, -0.1) is 13.2 Å². The van der Waals surface area contributed by atoms with Crippen LogP contribution in [0.25, 0.3) is 0 Å². The fourth-order valence-corrected chi connectivity index (χ4v) is 0.531. The molecule has 0 amide bonds. The van der Waals surface area contributed by atoms with Crippen molar-refractivity contribution in [1.82, 2.24) is 4.98 Å². The molecule has 0 N–H and O–H groups in total. The van der Waals surface area contributed by atoms with Crippen molar-refractivity contribution in [2.45, 2.75) is 6.36 Å². The number of hydrogen-bond acceptors (Lipinski definition) is 2. The highest BCUT2D eigenvalue weighted by Crippen LogP contribution is 2.23. The van der Waals surface area contributed by atoms with Crippen LogP contribution in [0.3, 0.4) is 0 Å². The first-order valence-electron chi connectivity index (χ1n) is 2.77. The molecule has 0 aliphatic rings. The van der Waals surface area contributed by atoms with Crippen LogP contribution in [-0.4, -0.2) is 11.3 Å². The van der Waals surface area contributed by atoms with E-state index >= 15 is 0 Å². The van der Waals surface area contributed by atoms with Crippen molar-refractivity contribution in [3.05, 3.63) is 24.3 Å². The van der Waals surface area contributed by atoms with E-state index in [4.69, 9.17) is 0 Å². The molecule has 0 spiro atoms. The highest BCUT2D eigenvalue weighted by molar-refractivity contribution is 5.19. The topological polar surface area (TPSA) is 22.1 Å². The number of hydrogen-bond donors (Lipinski definition) is 0. The standard InChI is InChI=1S/C6H2F4NO/c7-4-3-11-2-1-5(4)12-6(8,9)10/h1-2H. The number of rotatable bonds is 1. The van der Waals surface area contributed by atoms with E-state index in [1.807, 2.05) is 0 Å². The summed E-state index contributed by atoms with van der Waals surface area (Å²) in [6.07, 6.45) is -2.26. The maximum atomic E-state index is 12.4. The van der Waals surface area contributed by atoms with Gasteiger partial charge in [-0.3, -0.25) is 4.98 Å². The smallest absolute Gasteiger partial charge is 0.403 e. The number of pyridine rings is 1. The lowest BCUT2D eigenvalue weighted by Gasteiger charge is -2.07. The van der Waals surface area contributed by atoms with Crippen LogP contribution in [-0.2, 0) is 0 Å². The highest BCUT2D eigenvalue weighted by Gasteiger charge is 2.32. The van der Waals surface area contributed by atoms with E-state index in [0.717, 1.165) is 12.3 Å². The van der Waals surface area contributed by atoms with Crippen LogP contribution in [0.15, 0.2) is 12.3 Å². The molecule has 1 aromatic rings. The monoisotopic (exact) mass is 180 g/mol. The maximum Gasteiger partial charge on any atom is 0.573 e. The van der Waals surface area contributed by atoms with E-state index in [2.05, 4.69) is 9.72 Å². The van der Waals surface area contributed by atoms with Gasteiger partial charge in [0.1, 0.15) is 6.20 Å². The largest absolute Gasteiger partial charge is 0.573 e. The van der Waals surface area contributed by atoms with Crippen LogP contribution in [0.5, 0.6) is 5.75 Å². The predicted octanol–water partition coefficient (Wildman–Crippen LogP) is 1.92. The lowest BCUT2D eigenvalue weighted by Crippen LogP contribution is -2.17. The van der Waals surface area contributed by atoms with Gasteiger partial charge >= 0.3 is 6.36 Å². The summed E-state index contributed by atoms with van der Waals surface area (Å²) in [5, 5.41) is 0. The van der Waals surface area contributed by atoms with Gasteiger partial charge in [0.25, 0.3) is 0 Å². The number of alkyl halides is 3. The van der Waals surface area contributed by atoms with Crippen molar-refractivity contribution in [2.24, 2.45) is 0 Å². The average molecular weight is 180 g/mol. The zero-order valence-electron chi connectivity index (χ0n) is 5.52. The Balaban J connectivity index is 2.83. The molecule has 2 nitrogen and oxygen atoms in total. The molecule has 0 unspecified atom stereocenters. The molecule has 12 heavy (non-hydrogen) atoms. The van der Waals surface area contributed by atoms with Crippen molar-refractivity contribution in [1.29, 1.82) is 0 Å². The van der Waals surface area contributed by atoms with Gasteiger partial charge < -0.3 is 4.74 Å². The fourth-order valence-electron chi connectivity index (χ4n) is 0.531. The number of aromatic nitrogens is 1. The average Bonchev–Trinajstić information content (AvgIpc) is 1.91. The fraction of sp³-hybridized carbons (Fsp3) is 0.167. The van der Waals surface area contributed by atoms with Gasteiger partial charge in [0.2, 0.25) is 0 Å². The predicted molar refractivity (Wildman–Crippen MR) is 29.7 cm³/mol. The van der Waals surface area contributed by atoms with E-state index in [-0.39, 0.29) is 0 Å². The summed E-state index contributed by atoms with van der Waals surface area (Å²) >= 11 is 0. The Bertz CT molecular complexity index is 272. The van der Waals surface area contributed by atoms with Gasteiger partial charge in [0, 0.05) is 12.3 Å². The molecule has 0 aliphatic heterocycles. The zero-order valence-corrected chi connectivity index (χ0v) is 5.52. The third-order valence-corrected chi connectivity index (χ3v) is 0.905. The van der Waals surface area contributed by atoms with Crippen molar-refractivity contribution in [3.63, 3.8) is 0 Å². The molecule has 1 aromatic heterocycles. The molecule has 0 atom stereocenters. The van der Waals surface area contributed by atoms with Gasteiger partial charge in [-0.2, -0.15) is 0 Å². The Labute approximate surface area is 64.8 Å². The number of nitrogens with zero attached hydrogens (tertiary/aromatic N) is 1. The Kier molecular flexibility index (Phi) is 2.16. The molecule has 0 fully saturated rings. The third-order valence-electron chi connectivity index (χ3n) is 0.905. The van der Waals surface area contributed by atoms with Crippen LogP contribution in [0.2, 0.25) is 0 Å². The summed E-state index contributed by atoms with van der Waals surface area (Å²) < 4.78 is 50.2. The second-order valence-corrected chi connectivity index (χ2v) is 1.78. The molecular weight excluding hydrogens is 178 g/mol. The Morgan fingerprint density at radius 1 is 1.42 bits per heavy atom. The molecule has 0 bridgehead atoms. The number of halogens is 4. The SMILES string of the molecule is Fc1[c]nccc1OC(F)(F)F. The summed E-state index contributed by atoms with van der Waals surface area (Å²) in [6, 6.07) is 0.763. The van der Waals surface area contributed by atoms with E-state index in [1.54, 1.807) is 6.20 Å². The minimum Gasteiger partial charge on any atom is -0.403 e. The normalized spacial score (nSPS) is 11.3. The third kappa shape index (κ3) is 2.37. The van der Waals surface area contributed by atoms with Crippen LogP contribution in [0.4, 0.5) is 17.6 Å². The van der Waals surface area contributed by atoms with E-state index in [9.17, 15) is 17.6 Å².